The number of hydrogen-bond acceptors (Lipinski definition) is 6. The molecule has 1 fully saturated rings. The monoisotopic (exact) mass is 487 g/mol. The fourth-order valence-electron chi connectivity index (χ4n) is 3.17. The van der Waals surface area contributed by atoms with Crippen molar-refractivity contribution in [2.24, 2.45) is 0 Å². The number of carbonyl (C=O) groups excluding carboxylic acids is 2. The van der Waals surface area contributed by atoms with E-state index in [9.17, 15) is 9.59 Å². The lowest BCUT2D eigenvalue weighted by Gasteiger charge is -2.15. The molecular weight excluding hydrogens is 462 g/mol. The van der Waals surface area contributed by atoms with E-state index in [-0.39, 0.29) is 30.9 Å². The SMILES string of the molecule is C=CCOc1c(Cl)cc(/C=C2\SC(=O)N(CCOc3cc(C)ccc3C)C2=O)cc1OCC. The molecule has 0 N–H and O–H groups in total. The Kier molecular flexibility index (Phi) is 8.47. The Morgan fingerprint density at radius 2 is 1.88 bits per heavy atom. The fraction of sp³-hybridized carbons (Fsp3) is 0.280. The molecule has 1 aliphatic rings. The minimum Gasteiger partial charge on any atom is -0.491 e. The van der Waals surface area contributed by atoms with Crippen LogP contribution in [0.1, 0.15) is 23.6 Å². The number of ether oxygens (including phenoxy) is 3. The first-order chi connectivity index (χ1) is 15.8. The molecule has 1 heterocycles. The Labute approximate surface area is 203 Å². The summed E-state index contributed by atoms with van der Waals surface area (Å²) in [7, 11) is 0. The minimum absolute atomic E-state index is 0.161. The number of hydrogen-bond donors (Lipinski definition) is 0. The van der Waals surface area contributed by atoms with Gasteiger partial charge in [-0.05, 0) is 73.5 Å². The summed E-state index contributed by atoms with van der Waals surface area (Å²) in [5.74, 6) is 1.25. The third-order valence-electron chi connectivity index (χ3n) is 4.76. The van der Waals surface area contributed by atoms with Gasteiger partial charge in [0.15, 0.2) is 11.5 Å². The summed E-state index contributed by atoms with van der Waals surface area (Å²) in [6.07, 6.45) is 3.24. The molecule has 8 heteroatoms. The van der Waals surface area contributed by atoms with Gasteiger partial charge in [0.1, 0.15) is 19.0 Å². The molecule has 1 saturated heterocycles. The molecule has 33 heavy (non-hydrogen) atoms. The van der Waals surface area contributed by atoms with Crippen LogP contribution in [0, 0.1) is 13.8 Å². The van der Waals surface area contributed by atoms with Gasteiger partial charge < -0.3 is 14.2 Å². The molecule has 0 unspecified atom stereocenters. The van der Waals surface area contributed by atoms with Gasteiger partial charge in [0.25, 0.3) is 11.1 Å². The minimum atomic E-state index is -0.365. The second kappa shape index (κ2) is 11.3. The maximum absolute atomic E-state index is 12.8. The van der Waals surface area contributed by atoms with Crippen LogP contribution in [-0.2, 0) is 4.79 Å². The van der Waals surface area contributed by atoms with Crippen molar-refractivity contribution in [3.63, 3.8) is 0 Å². The number of amides is 2. The first-order valence-corrected chi connectivity index (χ1v) is 11.7. The van der Waals surface area contributed by atoms with Crippen LogP contribution in [0.5, 0.6) is 17.2 Å². The Balaban J connectivity index is 1.73. The second-order valence-corrected chi connectivity index (χ2v) is 8.71. The summed E-state index contributed by atoms with van der Waals surface area (Å²) in [5.41, 5.74) is 2.71. The summed E-state index contributed by atoms with van der Waals surface area (Å²) < 4.78 is 17.0. The zero-order chi connectivity index (χ0) is 24.0. The molecule has 0 radical (unpaired) electrons. The summed E-state index contributed by atoms with van der Waals surface area (Å²) in [5, 5.41) is 0.00748. The summed E-state index contributed by atoms with van der Waals surface area (Å²) in [6, 6.07) is 9.31. The highest BCUT2D eigenvalue weighted by molar-refractivity contribution is 8.18. The van der Waals surface area contributed by atoms with Crippen LogP contribution < -0.4 is 14.2 Å². The highest BCUT2D eigenvalue weighted by atomic mass is 35.5. The van der Waals surface area contributed by atoms with E-state index in [2.05, 4.69) is 6.58 Å². The highest BCUT2D eigenvalue weighted by Crippen LogP contribution is 2.39. The van der Waals surface area contributed by atoms with E-state index in [1.54, 1.807) is 24.3 Å². The molecule has 0 aliphatic carbocycles. The molecule has 0 aromatic heterocycles. The van der Waals surface area contributed by atoms with Gasteiger partial charge in [-0.3, -0.25) is 14.5 Å². The molecule has 0 bridgehead atoms. The Bertz CT molecular complexity index is 1100. The first-order valence-electron chi connectivity index (χ1n) is 10.5. The van der Waals surface area contributed by atoms with Crippen molar-refractivity contribution in [3.05, 3.63) is 69.6 Å². The molecular formula is C25H26ClNO5S. The number of imide groups is 1. The molecule has 3 rings (SSSR count). The lowest BCUT2D eigenvalue weighted by Crippen LogP contribution is -2.32. The molecule has 0 atom stereocenters. The van der Waals surface area contributed by atoms with Crippen LogP contribution in [0.15, 0.2) is 47.9 Å². The number of thioether (sulfide) groups is 1. The zero-order valence-corrected chi connectivity index (χ0v) is 20.4. The van der Waals surface area contributed by atoms with Gasteiger partial charge in [-0.25, -0.2) is 0 Å². The predicted molar refractivity (Wildman–Crippen MR) is 132 cm³/mol. The highest BCUT2D eigenvalue weighted by Gasteiger charge is 2.35. The average Bonchev–Trinajstić information content (AvgIpc) is 3.03. The maximum atomic E-state index is 12.8. The van der Waals surface area contributed by atoms with Gasteiger partial charge in [-0.15, -0.1) is 0 Å². The smallest absolute Gasteiger partial charge is 0.293 e. The van der Waals surface area contributed by atoms with Gasteiger partial charge in [-0.1, -0.05) is 36.4 Å². The van der Waals surface area contributed by atoms with Crippen molar-refractivity contribution < 1.29 is 23.8 Å². The third-order valence-corrected chi connectivity index (χ3v) is 5.95. The molecule has 2 aromatic rings. The normalized spacial score (nSPS) is 14.7. The van der Waals surface area contributed by atoms with Gasteiger partial charge in [0.2, 0.25) is 0 Å². The summed E-state index contributed by atoms with van der Waals surface area (Å²) in [4.78, 5) is 26.8. The van der Waals surface area contributed by atoms with Gasteiger partial charge in [0, 0.05) is 0 Å². The first kappa shape index (κ1) is 24.7. The second-order valence-electron chi connectivity index (χ2n) is 7.31. The van der Waals surface area contributed by atoms with Crippen LogP contribution in [0.2, 0.25) is 5.02 Å². The molecule has 0 spiro atoms. The quantitative estimate of drug-likeness (QED) is 0.301. The van der Waals surface area contributed by atoms with Crippen LogP contribution in [-0.4, -0.2) is 42.4 Å². The predicted octanol–water partition coefficient (Wildman–Crippen LogP) is 6.04. The van der Waals surface area contributed by atoms with Crippen molar-refractivity contribution in [1.82, 2.24) is 4.90 Å². The number of rotatable bonds is 10. The van der Waals surface area contributed by atoms with E-state index in [1.807, 2.05) is 39.0 Å². The Morgan fingerprint density at radius 3 is 2.61 bits per heavy atom. The molecule has 0 saturated carbocycles. The van der Waals surface area contributed by atoms with Crippen molar-refractivity contribution >= 4 is 40.6 Å². The van der Waals surface area contributed by atoms with Gasteiger partial charge >= 0.3 is 0 Å². The molecule has 6 nitrogen and oxygen atoms in total. The Morgan fingerprint density at radius 1 is 1.09 bits per heavy atom. The summed E-state index contributed by atoms with van der Waals surface area (Å²) in [6.45, 7) is 10.5. The molecule has 174 valence electrons. The Hall–Kier alpha value is -2.90. The summed E-state index contributed by atoms with van der Waals surface area (Å²) >= 11 is 7.27. The number of carbonyl (C=O) groups is 2. The van der Waals surface area contributed by atoms with Gasteiger partial charge in [0.05, 0.1) is 23.1 Å². The van der Waals surface area contributed by atoms with E-state index in [1.165, 1.54) is 4.90 Å². The van der Waals surface area contributed by atoms with Crippen LogP contribution in [0.4, 0.5) is 4.79 Å². The number of nitrogens with zero attached hydrogens (tertiary/aromatic N) is 1. The number of benzene rings is 2. The van der Waals surface area contributed by atoms with Crippen molar-refractivity contribution in [3.8, 4) is 17.2 Å². The van der Waals surface area contributed by atoms with Crippen LogP contribution in [0.3, 0.4) is 0 Å². The maximum Gasteiger partial charge on any atom is 0.293 e. The molecule has 2 amide bonds. The fourth-order valence-corrected chi connectivity index (χ4v) is 4.31. The van der Waals surface area contributed by atoms with E-state index in [0.29, 0.717) is 33.6 Å². The van der Waals surface area contributed by atoms with E-state index >= 15 is 0 Å². The van der Waals surface area contributed by atoms with E-state index < -0.39 is 0 Å². The van der Waals surface area contributed by atoms with Crippen molar-refractivity contribution in [2.75, 3.05) is 26.4 Å². The van der Waals surface area contributed by atoms with Crippen molar-refractivity contribution in [2.45, 2.75) is 20.8 Å². The largest absolute Gasteiger partial charge is 0.491 e. The van der Waals surface area contributed by atoms with Crippen LogP contribution >= 0.6 is 23.4 Å². The average molecular weight is 488 g/mol. The molecule has 2 aromatic carbocycles. The number of halogens is 1. The lowest BCUT2D eigenvalue weighted by atomic mass is 10.1. The zero-order valence-electron chi connectivity index (χ0n) is 18.9. The van der Waals surface area contributed by atoms with E-state index in [4.69, 9.17) is 25.8 Å². The van der Waals surface area contributed by atoms with Crippen molar-refractivity contribution in [1.29, 1.82) is 0 Å². The van der Waals surface area contributed by atoms with Crippen LogP contribution in [0.25, 0.3) is 6.08 Å². The third kappa shape index (κ3) is 6.12. The lowest BCUT2D eigenvalue weighted by molar-refractivity contribution is -0.123. The van der Waals surface area contributed by atoms with Gasteiger partial charge in [-0.2, -0.15) is 0 Å². The number of aryl methyl sites for hydroxylation is 2. The topological polar surface area (TPSA) is 65.1 Å². The molecule has 1 aliphatic heterocycles. The standard InChI is InChI=1S/C25H26ClNO5S/c1-5-10-32-23-19(26)13-18(14-21(23)30-6-2)15-22-24(28)27(25(29)33-22)9-11-31-20-12-16(3)7-8-17(20)4/h5,7-8,12-15H,1,6,9-11H2,2-4H3/b22-15-. The van der Waals surface area contributed by atoms with E-state index in [0.717, 1.165) is 28.6 Å².